The van der Waals surface area contributed by atoms with Crippen LogP contribution < -0.4 is 5.73 Å². The SMILES string of the molecule is CCC1CCC(CN)(C2(O)CC(C)CC(C)(C)C2)CC1. The zero-order chi connectivity index (χ0) is 15.0. The van der Waals surface area contributed by atoms with Crippen molar-refractivity contribution in [3.8, 4) is 0 Å². The van der Waals surface area contributed by atoms with Crippen LogP contribution in [0.5, 0.6) is 0 Å². The first-order chi connectivity index (χ1) is 9.26. The van der Waals surface area contributed by atoms with Gasteiger partial charge in [-0.15, -0.1) is 0 Å². The third-order valence-electron chi connectivity index (χ3n) is 6.38. The third kappa shape index (κ3) is 2.92. The van der Waals surface area contributed by atoms with Crippen LogP contribution in [0.1, 0.15) is 79.1 Å². The molecule has 20 heavy (non-hydrogen) atoms. The zero-order valence-corrected chi connectivity index (χ0v) is 14.0. The second-order valence-electron chi connectivity index (χ2n) is 8.72. The summed E-state index contributed by atoms with van der Waals surface area (Å²) >= 11 is 0. The highest BCUT2D eigenvalue weighted by molar-refractivity contribution is 5.06. The summed E-state index contributed by atoms with van der Waals surface area (Å²) in [6, 6.07) is 0. The molecule has 2 aliphatic carbocycles. The van der Waals surface area contributed by atoms with Crippen LogP contribution in [-0.4, -0.2) is 17.3 Å². The maximum absolute atomic E-state index is 11.5. The van der Waals surface area contributed by atoms with Gasteiger partial charge < -0.3 is 10.8 Å². The van der Waals surface area contributed by atoms with Crippen molar-refractivity contribution in [3.63, 3.8) is 0 Å². The van der Waals surface area contributed by atoms with E-state index in [1.54, 1.807) is 0 Å². The molecule has 0 aromatic rings. The summed E-state index contributed by atoms with van der Waals surface area (Å²) in [7, 11) is 0. The molecule has 2 rings (SSSR count). The van der Waals surface area contributed by atoms with Crippen LogP contribution in [0.3, 0.4) is 0 Å². The lowest BCUT2D eigenvalue weighted by Crippen LogP contribution is -2.58. The van der Waals surface area contributed by atoms with E-state index >= 15 is 0 Å². The molecule has 0 aromatic heterocycles. The van der Waals surface area contributed by atoms with Gasteiger partial charge in [0.2, 0.25) is 0 Å². The summed E-state index contributed by atoms with van der Waals surface area (Å²) in [4.78, 5) is 0. The molecule has 0 amide bonds. The monoisotopic (exact) mass is 281 g/mol. The second kappa shape index (κ2) is 5.61. The summed E-state index contributed by atoms with van der Waals surface area (Å²) in [5.74, 6) is 1.46. The van der Waals surface area contributed by atoms with Gasteiger partial charge in [0.25, 0.3) is 0 Å². The lowest BCUT2D eigenvalue weighted by atomic mass is 9.52. The van der Waals surface area contributed by atoms with Gasteiger partial charge in [0, 0.05) is 12.0 Å². The molecule has 0 aliphatic heterocycles. The molecule has 0 bridgehead atoms. The Kier molecular flexibility index (Phi) is 4.57. The zero-order valence-electron chi connectivity index (χ0n) is 14.0. The first-order valence-electron chi connectivity index (χ1n) is 8.68. The number of hydrogen-bond donors (Lipinski definition) is 2. The highest BCUT2D eigenvalue weighted by Crippen LogP contribution is 2.56. The Bertz CT molecular complexity index is 330. The minimum Gasteiger partial charge on any atom is -0.389 e. The van der Waals surface area contributed by atoms with Crippen molar-refractivity contribution in [1.82, 2.24) is 0 Å². The van der Waals surface area contributed by atoms with Crippen molar-refractivity contribution in [3.05, 3.63) is 0 Å². The normalized spacial score (nSPS) is 45.3. The highest BCUT2D eigenvalue weighted by atomic mass is 16.3. The van der Waals surface area contributed by atoms with Gasteiger partial charge >= 0.3 is 0 Å². The van der Waals surface area contributed by atoms with Crippen molar-refractivity contribution in [2.45, 2.75) is 84.7 Å². The molecule has 2 unspecified atom stereocenters. The number of nitrogens with two attached hydrogens (primary N) is 1. The molecule has 2 saturated carbocycles. The molecule has 0 saturated heterocycles. The topological polar surface area (TPSA) is 46.2 Å². The Morgan fingerprint density at radius 3 is 2.20 bits per heavy atom. The van der Waals surface area contributed by atoms with Gasteiger partial charge in [-0.25, -0.2) is 0 Å². The van der Waals surface area contributed by atoms with Crippen molar-refractivity contribution in [2.24, 2.45) is 28.4 Å². The fourth-order valence-electron chi connectivity index (χ4n) is 5.43. The summed E-state index contributed by atoms with van der Waals surface area (Å²) in [5, 5.41) is 11.5. The Hall–Kier alpha value is -0.0800. The summed E-state index contributed by atoms with van der Waals surface area (Å²) in [6.07, 6.45) is 9.15. The molecule has 0 spiro atoms. The van der Waals surface area contributed by atoms with Crippen LogP contribution in [0.25, 0.3) is 0 Å². The first-order valence-corrected chi connectivity index (χ1v) is 8.68. The largest absolute Gasteiger partial charge is 0.389 e. The van der Waals surface area contributed by atoms with Crippen LogP contribution in [0.15, 0.2) is 0 Å². The predicted molar refractivity (Wildman–Crippen MR) is 85.5 cm³/mol. The molecule has 0 aromatic carbocycles. The minimum atomic E-state index is -0.540. The van der Waals surface area contributed by atoms with E-state index in [0.717, 1.165) is 31.6 Å². The molecule has 118 valence electrons. The molecule has 2 fully saturated rings. The Balaban J connectivity index is 2.21. The quantitative estimate of drug-likeness (QED) is 0.818. The molecule has 2 atom stereocenters. The van der Waals surface area contributed by atoms with E-state index in [-0.39, 0.29) is 10.8 Å². The molecule has 2 nitrogen and oxygen atoms in total. The maximum atomic E-state index is 11.5. The van der Waals surface area contributed by atoms with Crippen LogP contribution >= 0.6 is 0 Å². The van der Waals surface area contributed by atoms with Gasteiger partial charge in [0.1, 0.15) is 0 Å². The van der Waals surface area contributed by atoms with Crippen LogP contribution in [-0.2, 0) is 0 Å². The summed E-state index contributed by atoms with van der Waals surface area (Å²) in [6.45, 7) is 9.88. The first kappa shape index (κ1) is 16.3. The van der Waals surface area contributed by atoms with Crippen LogP contribution in [0, 0.1) is 22.7 Å². The number of hydrogen-bond acceptors (Lipinski definition) is 2. The van der Waals surface area contributed by atoms with E-state index < -0.39 is 5.60 Å². The molecule has 3 N–H and O–H groups in total. The number of rotatable bonds is 3. The Morgan fingerprint density at radius 1 is 1.15 bits per heavy atom. The molecule has 2 heteroatoms. The van der Waals surface area contributed by atoms with Crippen molar-refractivity contribution >= 4 is 0 Å². The lowest BCUT2D eigenvalue weighted by Gasteiger charge is -2.56. The van der Waals surface area contributed by atoms with Gasteiger partial charge in [0.15, 0.2) is 0 Å². The van der Waals surface area contributed by atoms with E-state index in [4.69, 9.17) is 5.73 Å². The van der Waals surface area contributed by atoms with Crippen molar-refractivity contribution < 1.29 is 5.11 Å². The van der Waals surface area contributed by atoms with Crippen molar-refractivity contribution in [2.75, 3.05) is 6.54 Å². The minimum absolute atomic E-state index is 0.0232. The molecule has 0 heterocycles. The molecular weight excluding hydrogens is 246 g/mol. The average Bonchev–Trinajstić information content (AvgIpc) is 2.35. The summed E-state index contributed by atoms with van der Waals surface area (Å²) < 4.78 is 0. The second-order valence-corrected chi connectivity index (χ2v) is 8.72. The average molecular weight is 281 g/mol. The van der Waals surface area contributed by atoms with E-state index in [9.17, 15) is 5.11 Å². The van der Waals surface area contributed by atoms with Crippen molar-refractivity contribution in [1.29, 1.82) is 0 Å². The Labute approximate surface area is 125 Å². The number of aliphatic hydroxyl groups is 1. The third-order valence-corrected chi connectivity index (χ3v) is 6.38. The van der Waals surface area contributed by atoms with E-state index in [1.807, 2.05) is 0 Å². The molecular formula is C18H35NO. The predicted octanol–water partition coefficient (Wildman–Crippen LogP) is 4.11. The van der Waals surface area contributed by atoms with Crippen LogP contribution in [0.4, 0.5) is 0 Å². The maximum Gasteiger partial charge on any atom is 0.0723 e. The lowest BCUT2D eigenvalue weighted by molar-refractivity contribution is -0.160. The smallest absolute Gasteiger partial charge is 0.0723 e. The van der Waals surface area contributed by atoms with Gasteiger partial charge in [-0.3, -0.25) is 0 Å². The highest BCUT2D eigenvalue weighted by Gasteiger charge is 2.55. The van der Waals surface area contributed by atoms with E-state index in [2.05, 4.69) is 27.7 Å². The fourth-order valence-corrected chi connectivity index (χ4v) is 5.43. The van der Waals surface area contributed by atoms with Gasteiger partial charge in [-0.2, -0.15) is 0 Å². The summed E-state index contributed by atoms with van der Waals surface area (Å²) in [5.41, 5.74) is 5.90. The molecule has 2 aliphatic rings. The van der Waals surface area contributed by atoms with Gasteiger partial charge in [0.05, 0.1) is 5.60 Å². The fraction of sp³-hybridized carbons (Fsp3) is 1.00. The van der Waals surface area contributed by atoms with Crippen LogP contribution in [0.2, 0.25) is 0 Å². The standard InChI is InChI=1S/C18H35NO/c1-5-15-6-8-17(13-19,9-7-15)18(20)11-14(2)10-16(3,4)12-18/h14-15,20H,5-13,19H2,1-4H3. The Morgan fingerprint density at radius 2 is 1.75 bits per heavy atom. The van der Waals surface area contributed by atoms with E-state index in [1.165, 1.54) is 25.7 Å². The van der Waals surface area contributed by atoms with Gasteiger partial charge in [-0.05, 0) is 62.2 Å². The molecule has 0 radical (unpaired) electrons. The van der Waals surface area contributed by atoms with E-state index in [0.29, 0.717) is 12.5 Å². The van der Waals surface area contributed by atoms with Gasteiger partial charge in [-0.1, -0.05) is 34.1 Å².